The topological polar surface area (TPSA) is 57.4 Å². The zero-order valence-corrected chi connectivity index (χ0v) is 11.2. The number of likely N-dealkylation sites (tertiary alicyclic amines) is 1. The standard InChI is InChI=1S/C12H19F2N5/c1-18-5-3-4-8(18)7-19(2)12-10(14)6-9(13)11(16-12)17-15/h6,8H,3-5,7,15H2,1-2H3,(H,16,17). The van der Waals surface area contributed by atoms with Crippen molar-refractivity contribution in [1.82, 2.24) is 9.88 Å². The van der Waals surface area contributed by atoms with Crippen LogP contribution >= 0.6 is 0 Å². The van der Waals surface area contributed by atoms with Crippen molar-refractivity contribution in [3.05, 3.63) is 17.7 Å². The van der Waals surface area contributed by atoms with Crippen LogP contribution in [0.2, 0.25) is 0 Å². The number of halogens is 2. The Hall–Kier alpha value is -1.47. The number of rotatable bonds is 4. The fourth-order valence-corrected chi connectivity index (χ4v) is 2.44. The molecule has 0 saturated carbocycles. The van der Waals surface area contributed by atoms with Crippen LogP contribution in [0.25, 0.3) is 0 Å². The van der Waals surface area contributed by atoms with Gasteiger partial charge in [0.15, 0.2) is 23.3 Å². The normalized spacial score (nSPS) is 19.7. The summed E-state index contributed by atoms with van der Waals surface area (Å²) in [7, 11) is 3.79. The summed E-state index contributed by atoms with van der Waals surface area (Å²) in [5.74, 6) is 3.63. The number of nitrogens with one attached hydrogen (secondary N) is 1. The minimum Gasteiger partial charge on any atom is -0.356 e. The Bertz CT molecular complexity index is 454. The van der Waals surface area contributed by atoms with Gasteiger partial charge in [0.05, 0.1) is 0 Å². The van der Waals surface area contributed by atoms with Crippen LogP contribution in [0, 0.1) is 11.6 Å². The molecule has 5 nitrogen and oxygen atoms in total. The largest absolute Gasteiger partial charge is 0.356 e. The molecule has 0 spiro atoms. The lowest BCUT2D eigenvalue weighted by Crippen LogP contribution is -2.37. The van der Waals surface area contributed by atoms with Gasteiger partial charge in [0, 0.05) is 25.7 Å². The van der Waals surface area contributed by atoms with Gasteiger partial charge in [0.1, 0.15) is 0 Å². The van der Waals surface area contributed by atoms with E-state index in [9.17, 15) is 8.78 Å². The molecule has 1 fully saturated rings. The summed E-state index contributed by atoms with van der Waals surface area (Å²) in [5, 5.41) is 0. The molecule has 1 unspecified atom stereocenters. The average Bonchev–Trinajstić information content (AvgIpc) is 2.75. The lowest BCUT2D eigenvalue weighted by atomic mass is 10.2. The highest BCUT2D eigenvalue weighted by molar-refractivity contribution is 5.48. The molecule has 1 aromatic rings. The molecular weight excluding hydrogens is 252 g/mol. The van der Waals surface area contributed by atoms with Gasteiger partial charge in [0.25, 0.3) is 0 Å². The van der Waals surface area contributed by atoms with Gasteiger partial charge in [-0.05, 0) is 26.4 Å². The molecule has 1 aliphatic heterocycles. The lowest BCUT2D eigenvalue weighted by molar-refractivity contribution is 0.313. The molecule has 1 aromatic heterocycles. The number of hydrazine groups is 1. The molecule has 0 amide bonds. The Balaban J connectivity index is 2.16. The number of hydrogen-bond acceptors (Lipinski definition) is 5. The van der Waals surface area contributed by atoms with Crippen molar-refractivity contribution < 1.29 is 8.78 Å². The van der Waals surface area contributed by atoms with E-state index in [4.69, 9.17) is 5.84 Å². The molecule has 0 radical (unpaired) electrons. The molecule has 2 heterocycles. The van der Waals surface area contributed by atoms with Crippen molar-refractivity contribution >= 4 is 11.6 Å². The van der Waals surface area contributed by atoms with Gasteiger partial charge in [0.2, 0.25) is 0 Å². The number of nitrogens with two attached hydrogens (primary N) is 1. The average molecular weight is 271 g/mol. The molecule has 106 valence electrons. The Morgan fingerprint density at radius 1 is 1.53 bits per heavy atom. The van der Waals surface area contributed by atoms with E-state index >= 15 is 0 Å². The maximum atomic E-state index is 13.8. The summed E-state index contributed by atoms with van der Waals surface area (Å²) in [6.07, 6.45) is 2.22. The van der Waals surface area contributed by atoms with Crippen LogP contribution in [0.4, 0.5) is 20.4 Å². The molecule has 1 atom stereocenters. The fraction of sp³-hybridized carbons (Fsp3) is 0.583. The van der Waals surface area contributed by atoms with E-state index in [0.717, 1.165) is 25.5 Å². The monoisotopic (exact) mass is 271 g/mol. The highest BCUT2D eigenvalue weighted by Crippen LogP contribution is 2.23. The van der Waals surface area contributed by atoms with Crippen molar-refractivity contribution in [3.63, 3.8) is 0 Å². The van der Waals surface area contributed by atoms with Crippen molar-refractivity contribution in [3.8, 4) is 0 Å². The molecule has 1 aliphatic rings. The highest BCUT2D eigenvalue weighted by Gasteiger charge is 2.24. The zero-order chi connectivity index (χ0) is 14.0. The first-order chi connectivity index (χ1) is 9.02. The second kappa shape index (κ2) is 5.66. The maximum Gasteiger partial charge on any atom is 0.178 e. The Labute approximate surface area is 111 Å². The van der Waals surface area contributed by atoms with Gasteiger partial charge in [-0.2, -0.15) is 0 Å². The first kappa shape index (κ1) is 14.0. The molecule has 0 bridgehead atoms. The number of pyridine rings is 1. The predicted molar refractivity (Wildman–Crippen MR) is 70.9 cm³/mol. The van der Waals surface area contributed by atoms with Gasteiger partial charge in [-0.15, -0.1) is 0 Å². The SMILES string of the molecule is CN(CC1CCCN1C)c1nc(NN)c(F)cc1F. The minimum atomic E-state index is -0.796. The van der Waals surface area contributed by atoms with Gasteiger partial charge in [-0.25, -0.2) is 19.6 Å². The third-order valence-electron chi connectivity index (χ3n) is 3.57. The minimum absolute atomic E-state index is 0.106. The van der Waals surface area contributed by atoms with Crippen LogP contribution < -0.4 is 16.2 Å². The van der Waals surface area contributed by atoms with Crippen LogP contribution in [0.15, 0.2) is 6.07 Å². The predicted octanol–water partition coefficient (Wildman–Crippen LogP) is 1.18. The van der Waals surface area contributed by atoms with Gasteiger partial charge in [-0.3, -0.25) is 0 Å². The maximum absolute atomic E-state index is 13.8. The highest BCUT2D eigenvalue weighted by atomic mass is 19.1. The Kier molecular flexibility index (Phi) is 4.16. The van der Waals surface area contributed by atoms with E-state index in [1.807, 2.05) is 7.05 Å². The van der Waals surface area contributed by atoms with Crippen LogP contribution in [0.5, 0.6) is 0 Å². The van der Waals surface area contributed by atoms with E-state index < -0.39 is 11.6 Å². The van der Waals surface area contributed by atoms with Crippen molar-refractivity contribution in [2.45, 2.75) is 18.9 Å². The quantitative estimate of drug-likeness (QED) is 0.636. The first-order valence-corrected chi connectivity index (χ1v) is 6.27. The molecule has 0 aromatic carbocycles. The van der Waals surface area contributed by atoms with Crippen LogP contribution in [-0.4, -0.2) is 43.1 Å². The van der Waals surface area contributed by atoms with Crippen molar-refractivity contribution in [1.29, 1.82) is 0 Å². The second-order valence-electron chi connectivity index (χ2n) is 4.93. The molecule has 3 N–H and O–H groups in total. The summed E-state index contributed by atoms with van der Waals surface area (Å²) in [6.45, 7) is 1.70. The fourth-order valence-electron chi connectivity index (χ4n) is 2.44. The Morgan fingerprint density at radius 2 is 2.26 bits per heavy atom. The second-order valence-corrected chi connectivity index (χ2v) is 4.93. The molecule has 7 heteroatoms. The summed E-state index contributed by atoms with van der Waals surface area (Å²) in [5.41, 5.74) is 2.13. The van der Waals surface area contributed by atoms with E-state index in [2.05, 4.69) is 15.3 Å². The van der Waals surface area contributed by atoms with Crippen molar-refractivity contribution in [2.24, 2.45) is 5.84 Å². The van der Waals surface area contributed by atoms with Crippen LogP contribution in [0.3, 0.4) is 0 Å². The summed E-state index contributed by atoms with van der Waals surface area (Å²) in [4.78, 5) is 7.81. The van der Waals surface area contributed by atoms with Gasteiger partial charge in [-0.1, -0.05) is 0 Å². The van der Waals surface area contributed by atoms with Crippen LogP contribution in [-0.2, 0) is 0 Å². The lowest BCUT2D eigenvalue weighted by Gasteiger charge is -2.27. The summed E-state index contributed by atoms with van der Waals surface area (Å²) >= 11 is 0. The molecule has 2 rings (SSSR count). The summed E-state index contributed by atoms with van der Waals surface area (Å²) < 4.78 is 27.1. The smallest absolute Gasteiger partial charge is 0.178 e. The number of aromatic nitrogens is 1. The van der Waals surface area contributed by atoms with Crippen molar-refractivity contribution in [2.75, 3.05) is 37.5 Å². The van der Waals surface area contributed by atoms with E-state index in [1.54, 1.807) is 11.9 Å². The molecular formula is C12H19F2N5. The summed E-state index contributed by atoms with van der Waals surface area (Å²) in [6, 6.07) is 1.16. The molecule has 0 aliphatic carbocycles. The number of nitrogen functional groups attached to an aromatic ring is 1. The van der Waals surface area contributed by atoms with E-state index in [1.165, 1.54) is 0 Å². The van der Waals surface area contributed by atoms with Crippen LogP contribution in [0.1, 0.15) is 12.8 Å². The first-order valence-electron chi connectivity index (χ1n) is 6.27. The Morgan fingerprint density at radius 3 is 2.84 bits per heavy atom. The van der Waals surface area contributed by atoms with E-state index in [-0.39, 0.29) is 11.6 Å². The third kappa shape index (κ3) is 2.93. The molecule has 19 heavy (non-hydrogen) atoms. The number of likely N-dealkylation sites (N-methyl/N-ethyl adjacent to an activating group) is 2. The molecule has 1 saturated heterocycles. The number of nitrogens with zero attached hydrogens (tertiary/aromatic N) is 3. The van der Waals surface area contributed by atoms with Gasteiger partial charge < -0.3 is 15.2 Å². The number of hydrogen-bond donors (Lipinski definition) is 2. The van der Waals surface area contributed by atoms with Gasteiger partial charge >= 0.3 is 0 Å². The van der Waals surface area contributed by atoms with E-state index in [0.29, 0.717) is 12.6 Å². The zero-order valence-electron chi connectivity index (χ0n) is 11.2. The third-order valence-corrected chi connectivity index (χ3v) is 3.57. The number of anilines is 2.